The van der Waals surface area contributed by atoms with E-state index in [0.29, 0.717) is 6.42 Å². The van der Waals surface area contributed by atoms with Crippen molar-refractivity contribution in [2.75, 3.05) is 0 Å². The monoisotopic (exact) mass is 293 g/mol. The van der Waals surface area contributed by atoms with E-state index in [4.69, 9.17) is 11.6 Å². The minimum atomic E-state index is 0.0844. The summed E-state index contributed by atoms with van der Waals surface area (Å²) in [6.45, 7) is 4.17. The molecular formula is C17H24ClNO. The number of halogens is 1. The SMILES string of the molecule is Cc1ccc(CC(=O)NC2CCCCCC2Cl)cc1C. The molecule has 0 saturated heterocycles. The van der Waals surface area contributed by atoms with E-state index in [0.717, 1.165) is 24.8 Å². The number of carbonyl (C=O) groups excluding carboxylic acids is 1. The zero-order valence-electron chi connectivity index (χ0n) is 12.4. The zero-order valence-corrected chi connectivity index (χ0v) is 13.2. The van der Waals surface area contributed by atoms with Crippen LogP contribution in [-0.2, 0) is 11.2 Å². The predicted molar refractivity (Wildman–Crippen MR) is 84.3 cm³/mol. The van der Waals surface area contributed by atoms with E-state index in [1.807, 2.05) is 6.07 Å². The van der Waals surface area contributed by atoms with Gasteiger partial charge in [0.1, 0.15) is 0 Å². The first-order valence-electron chi connectivity index (χ1n) is 7.56. The number of aryl methyl sites for hydroxylation is 2. The lowest BCUT2D eigenvalue weighted by atomic mass is 10.0. The number of nitrogens with one attached hydrogen (secondary N) is 1. The summed E-state index contributed by atoms with van der Waals surface area (Å²) in [7, 11) is 0. The van der Waals surface area contributed by atoms with Gasteiger partial charge in [-0.05, 0) is 43.4 Å². The first kappa shape index (κ1) is 15.4. The van der Waals surface area contributed by atoms with E-state index in [-0.39, 0.29) is 17.3 Å². The van der Waals surface area contributed by atoms with Crippen molar-refractivity contribution in [2.24, 2.45) is 0 Å². The number of rotatable bonds is 3. The third-order valence-electron chi connectivity index (χ3n) is 4.21. The van der Waals surface area contributed by atoms with Crippen LogP contribution < -0.4 is 5.32 Å². The van der Waals surface area contributed by atoms with Gasteiger partial charge in [0.05, 0.1) is 11.8 Å². The molecule has 1 N–H and O–H groups in total. The summed E-state index contributed by atoms with van der Waals surface area (Å²) in [4.78, 5) is 12.2. The van der Waals surface area contributed by atoms with Gasteiger partial charge < -0.3 is 5.32 Å². The molecular weight excluding hydrogens is 270 g/mol. The van der Waals surface area contributed by atoms with E-state index in [1.165, 1.54) is 24.0 Å². The van der Waals surface area contributed by atoms with Gasteiger partial charge in [0.2, 0.25) is 5.91 Å². The summed E-state index contributed by atoms with van der Waals surface area (Å²) in [5.41, 5.74) is 3.57. The van der Waals surface area contributed by atoms with Crippen LogP contribution in [0.2, 0.25) is 0 Å². The topological polar surface area (TPSA) is 29.1 Å². The van der Waals surface area contributed by atoms with Crippen LogP contribution in [0.15, 0.2) is 18.2 Å². The van der Waals surface area contributed by atoms with Gasteiger partial charge in [-0.1, -0.05) is 37.5 Å². The lowest BCUT2D eigenvalue weighted by molar-refractivity contribution is -0.121. The number of benzene rings is 1. The molecule has 0 bridgehead atoms. The maximum Gasteiger partial charge on any atom is 0.224 e. The first-order chi connectivity index (χ1) is 9.56. The minimum absolute atomic E-state index is 0.0844. The molecule has 1 aromatic carbocycles. The minimum Gasteiger partial charge on any atom is -0.352 e. The maximum atomic E-state index is 12.2. The molecule has 110 valence electrons. The molecule has 1 aliphatic rings. The highest BCUT2D eigenvalue weighted by atomic mass is 35.5. The van der Waals surface area contributed by atoms with Gasteiger partial charge in [-0.2, -0.15) is 0 Å². The molecule has 2 nitrogen and oxygen atoms in total. The molecule has 0 radical (unpaired) electrons. The Morgan fingerprint density at radius 3 is 2.70 bits per heavy atom. The molecule has 0 aliphatic heterocycles. The average molecular weight is 294 g/mol. The normalized spacial score (nSPS) is 23.1. The van der Waals surface area contributed by atoms with Crippen LogP contribution in [0, 0.1) is 13.8 Å². The Labute approximate surface area is 126 Å². The Kier molecular flexibility index (Phi) is 5.47. The van der Waals surface area contributed by atoms with Crippen LogP contribution in [0.25, 0.3) is 0 Å². The van der Waals surface area contributed by atoms with Crippen LogP contribution >= 0.6 is 11.6 Å². The van der Waals surface area contributed by atoms with Crippen LogP contribution in [0.4, 0.5) is 0 Å². The Morgan fingerprint density at radius 1 is 1.20 bits per heavy atom. The molecule has 1 fully saturated rings. The van der Waals surface area contributed by atoms with E-state index < -0.39 is 0 Å². The van der Waals surface area contributed by atoms with Gasteiger partial charge >= 0.3 is 0 Å². The third-order valence-corrected chi connectivity index (χ3v) is 4.74. The van der Waals surface area contributed by atoms with Gasteiger partial charge in [-0.15, -0.1) is 11.6 Å². The van der Waals surface area contributed by atoms with Crippen molar-refractivity contribution in [3.8, 4) is 0 Å². The molecule has 1 amide bonds. The van der Waals surface area contributed by atoms with E-state index in [1.54, 1.807) is 0 Å². The van der Waals surface area contributed by atoms with Crippen LogP contribution in [0.1, 0.15) is 48.8 Å². The molecule has 2 rings (SSSR count). The summed E-state index contributed by atoms with van der Waals surface area (Å²) in [6.07, 6.45) is 6.03. The van der Waals surface area contributed by atoms with E-state index >= 15 is 0 Å². The molecule has 0 heterocycles. The maximum absolute atomic E-state index is 12.2. The molecule has 3 heteroatoms. The fourth-order valence-electron chi connectivity index (χ4n) is 2.78. The molecule has 2 unspecified atom stereocenters. The second kappa shape index (κ2) is 7.12. The fraction of sp³-hybridized carbons (Fsp3) is 0.588. The number of alkyl halides is 1. The molecule has 1 aliphatic carbocycles. The average Bonchev–Trinajstić information content (AvgIpc) is 2.59. The molecule has 0 aromatic heterocycles. The lowest BCUT2D eigenvalue weighted by Crippen LogP contribution is -2.41. The molecule has 1 aromatic rings. The van der Waals surface area contributed by atoms with Gasteiger partial charge in [-0.25, -0.2) is 0 Å². The molecule has 2 atom stereocenters. The van der Waals surface area contributed by atoms with Crippen molar-refractivity contribution in [1.82, 2.24) is 5.32 Å². The van der Waals surface area contributed by atoms with Gasteiger partial charge in [-0.3, -0.25) is 4.79 Å². The number of hydrogen-bond donors (Lipinski definition) is 1. The van der Waals surface area contributed by atoms with Crippen LogP contribution in [-0.4, -0.2) is 17.3 Å². The van der Waals surface area contributed by atoms with E-state index in [9.17, 15) is 4.79 Å². The van der Waals surface area contributed by atoms with Crippen molar-refractivity contribution >= 4 is 17.5 Å². The molecule has 0 spiro atoms. The Balaban J connectivity index is 1.92. The fourth-order valence-corrected chi connectivity index (χ4v) is 3.12. The number of carbonyl (C=O) groups is 1. The van der Waals surface area contributed by atoms with Crippen molar-refractivity contribution in [1.29, 1.82) is 0 Å². The van der Waals surface area contributed by atoms with Gasteiger partial charge in [0, 0.05) is 6.04 Å². The number of hydrogen-bond acceptors (Lipinski definition) is 1. The first-order valence-corrected chi connectivity index (χ1v) is 7.99. The van der Waals surface area contributed by atoms with Crippen LogP contribution in [0.5, 0.6) is 0 Å². The highest BCUT2D eigenvalue weighted by Gasteiger charge is 2.23. The highest BCUT2D eigenvalue weighted by molar-refractivity contribution is 6.21. The predicted octanol–water partition coefficient (Wildman–Crippen LogP) is 3.90. The second-order valence-corrected chi connectivity index (χ2v) is 6.48. The quantitative estimate of drug-likeness (QED) is 0.664. The highest BCUT2D eigenvalue weighted by Crippen LogP contribution is 2.22. The molecule has 20 heavy (non-hydrogen) atoms. The van der Waals surface area contributed by atoms with E-state index in [2.05, 4.69) is 31.3 Å². The smallest absolute Gasteiger partial charge is 0.224 e. The zero-order chi connectivity index (χ0) is 14.5. The Hall–Kier alpha value is -1.02. The summed E-state index contributed by atoms with van der Waals surface area (Å²) in [5.74, 6) is 0.0887. The summed E-state index contributed by atoms with van der Waals surface area (Å²) < 4.78 is 0. The summed E-state index contributed by atoms with van der Waals surface area (Å²) in [6, 6.07) is 6.35. The lowest BCUT2D eigenvalue weighted by Gasteiger charge is -2.21. The summed E-state index contributed by atoms with van der Waals surface area (Å²) >= 11 is 6.37. The Morgan fingerprint density at radius 2 is 1.95 bits per heavy atom. The standard InChI is InChI=1S/C17H24ClNO/c1-12-8-9-14(10-13(12)2)11-17(20)19-16-7-5-3-4-6-15(16)18/h8-10,15-16H,3-7,11H2,1-2H3,(H,19,20). The Bertz CT molecular complexity index is 472. The molecule has 1 saturated carbocycles. The van der Waals surface area contributed by atoms with Gasteiger partial charge in [0.25, 0.3) is 0 Å². The van der Waals surface area contributed by atoms with Crippen molar-refractivity contribution in [2.45, 2.75) is 63.8 Å². The van der Waals surface area contributed by atoms with Crippen molar-refractivity contribution in [3.05, 3.63) is 34.9 Å². The van der Waals surface area contributed by atoms with Crippen molar-refractivity contribution in [3.63, 3.8) is 0 Å². The largest absolute Gasteiger partial charge is 0.352 e. The second-order valence-electron chi connectivity index (χ2n) is 5.92. The van der Waals surface area contributed by atoms with Crippen molar-refractivity contribution < 1.29 is 4.79 Å². The van der Waals surface area contributed by atoms with Gasteiger partial charge in [0.15, 0.2) is 0 Å². The third kappa shape index (κ3) is 4.24. The van der Waals surface area contributed by atoms with Crippen LogP contribution in [0.3, 0.4) is 0 Å². The summed E-state index contributed by atoms with van der Waals surface area (Å²) in [5, 5.41) is 3.20. The number of amides is 1.